The highest BCUT2D eigenvalue weighted by Gasteiger charge is 2.27. The fourth-order valence-electron chi connectivity index (χ4n) is 5.56. The van der Waals surface area contributed by atoms with Crippen LogP contribution in [0.5, 0.6) is 0 Å². The van der Waals surface area contributed by atoms with Crippen LogP contribution >= 0.6 is 12.1 Å². The van der Waals surface area contributed by atoms with E-state index in [2.05, 4.69) is 53.6 Å². The first-order valence-electron chi connectivity index (χ1n) is 15.3. The Morgan fingerprint density at radius 1 is 1.00 bits per heavy atom. The number of aromatic nitrogens is 2. The molecular formula is C34H40N8O2S. The number of nitrogens with zero attached hydrogens (tertiary/aromatic N) is 4. The van der Waals surface area contributed by atoms with Crippen LogP contribution in [0.2, 0.25) is 0 Å². The molecule has 4 N–H and O–H groups in total. The lowest BCUT2D eigenvalue weighted by Crippen LogP contribution is -2.45. The molecule has 0 unspecified atom stereocenters. The fraction of sp³-hybridized carbons (Fsp3) is 0.324. The van der Waals surface area contributed by atoms with E-state index in [9.17, 15) is 9.59 Å². The maximum Gasteiger partial charge on any atom is 0.324 e. The monoisotopic (exact) mass is 624 g/mol. The molecule has 0 spiro atoms. The summed E-state index contributed by atoms with van der Waals surface area (Å²) >= 11 is 1.47. The number of hydrogen-bond acceptors (Lipinski definition) is 6. The van der Waals surface area contributed by atoms with E-state index in [1.54, 1.807) is 4.68 Å². The van der Waals surface area contributed by atoms with Crippen molar-refractivity contribution in [1.29, 1.82) is 0 Å². The topological polar surface area (TPSA) is 107 Å². The van der Waals surface area contributed by atoms with Gasteiger partial charge in [0, 0.05) is 42.7 Å². The number of carbonyl (C=O) groups excluding carboxylic acids is 2. The number of piperidine rings is 1. The van der Waals surface area contributed by atoms with Crippen LogP contribution in [0.3, 0.4) is 0 Å². The van der Waals surface area contributed by atoms with Gasteiger partial charge in [0.2, 0.25) is 0 Å². The van der Waals surface area contributed by atoms with Gasteiger partial charge in [-0.1, -0.05) is 50.6 Å². The van der Waals surface area contributed by atoms with Crippen molar-refractivity contribution >= 4 is 35.7 Å². The smallest absolute Gasteiger partial charge is 0.324 e. The van der Waals surface area contributed by atoms with Gasteiger partial charge < -0.3 is 20.3 Å². The maximum absolute atomic E-state index is 13.0. The number of likely N-dealkylation sites (tertiary alicyclic amines) is 1. The highest BCUT2D eigenvalue weighted by molar-refractivity contribution is 7.95. The van der Waals surface area contributed by atoms with Gasteiger partial charge in [-0.05, 0) is 74.1 Å². The summed E-state index contributed by atoms with van der Waals surface area (Å²) < 4.78 is 6.87. The van der Waals surface area contributed by atoms with E-state index < -0.39 is 0 Å². The quantitative estimate of drug-likeness (QED) is 0.225. The van der Waals surface area contributed by atoms with Crippen LogP contribution in [0.4, 0.5) is 21.1 Å². The van der Waals surface area contributed by atoms with E-state index in [0.717, 1.165) is 66.4 Å². The third kappa shape index (κ3) is 7.20. The van der Waals surface area contributed by atoms with Gasteiger partial charge in [-0.25, -0.2) is 14.3 Å². The molecule has 4 amide bonds. The Labute approximate surface area is 268 Å². The fourth-order valence-corrected chi connectivity index (χ4v) is 6.22. The number of allylic oxidation sites excluding steroid dienone is 2. The van der Waals surface area contributed by atoms with Crippen molar-refractivity contribution in [3.63, 3.8) is 0 Å². The molecule has 1 fully saturated rings. The molecule has 0 aliphatic carbocycles. The summed E-state index contributed by atoms with van der Waals surface area (Å²) in [5.74, 6) is 1.11. The molecule has 3 aromatic rings. The zero-order chi connectivity index (χ0) is 31.6. The maximum atomic E-state index is 13.0. The summed E-state index contributed by atoms with van der Waals surface area (Å²) in [6.45, 7) is 9.81. The van der Waals surface area contributed by atoms with E-state index in [4.69, 9.17) is 5.10 Å². The van der Waals surface area contributed by atoms with E-state index in [0.29, 0.717) is 11.7 Å². The van der Waals surface area contributed by atoms with Crippen molar-refractivity contribution in [1.82, 2.24) is 29.0 Å². The largest absolute Gasteiger partial charge is 0.325 e. The van der Waals surface area contributed by atoms with Crippen LogP contribution in [0, 0.1) is 12.8 Å². The first kappa shape index (κ1) is 30.4. The van der Waals surface area contributed by atoms with Crippen molar-refractivity contribution in [3.05, 3.63) is 107 Å². The lowest BCUT2D eigenvalue weighted by Gasteiger charge is -2.33. The summed E-state index contributed by atoms with van der Waals surface area (Å²) in [6.07, 6.45) is 10.5. The molecule has 45 heavy (non-hydrogen) atoms. The third-order valence-electron chi connectivity index (χ3n) is 8.22. The minimum Gasteiger partial charge on any atom is -0.325 e. The number of aryl methyl sites for hydroxylation is 1. The van der Waals surface area contributed by atoms with Crippen LogP contribution in [-0.2, 0) is 11.8 Å². The summed E-state index contributed by atoms with van der Waals surface area (Å²) in [7, 11) is 0. The van der Waals surface area contributed by atoms with Gasteiger partial charge in [0.05, 0.1) is 34.9 Å². The molecule has 0 saturated carbocycles. The molecule has 6 rings (SSSR count). The molecule has 0 radical (unpaired) electrons. The highest BCUT2D eigenvalue weighted by atomic mass is 32.2. The Morgan fingerprint density at radius 3 is 2.44 bits per heavy atom. The summed E-state index contributed by atoms with van der Waals surface area (Å²) in [4.78, 5) is 27.9. The van der Waals surface area contributed by atoms with Crippen molar-refractivity contribution in [2.24, 2.45) is 5.92 Å². The molecule has 3 aliphatic heterocycles. The van der Waals surface area contributed by atoms with E-state index in [1.807, 2.05) is 83.1 Å². The molecule has 1 saturated heterocycles. The van der Waals surface area contributed by atoms with Gasteiger partial charge in [-0.2, -0.15) is 5.10 Å². The highest BCUT2D eigenvalue weighted by Crippen LogP contribution is 2.30. The van der Waals surface area contributed by atoms with Crippen LogP contribution in [0.15, 0.2) is 90.5 Å². The average molecular weight is 625 g/mol. The Balaban J connectivity index is 1.00. The lowest BCUT2D eigenvalue weighted by molar-refractivity contribution is 0.173. The van der Waals surface area contributed by atoms with Gasteiger partial charge in [0.15, 0.2) is 0 Å². The standard InChI is InChI=1S/C34H40N8O2S/c1-23-7-13-27(14-8-23)42-31(21-30(39-42)34(2,3)4)38-32(43)36-26-11-9-24(10-12-26)20-25-15-18-40(19-16-25)33(44)37-28-6-5-17-41-29(28)22-35-45-41/h5-14,17,21-22,25,35H,15-16,18-20H2,1-4H3,(H,37,44)(H2,36,38,43). The molecule has 1 aromatic heterocycles. The number of nitrogens with one attached hydrogen (secondary N) is 4. The third-order valence-corrected chi connectivity index (χ3v) is 8.96. The van der Waals surface area contributed by atoms with Gasteiger partial charge in [-0.3, -0.25) is 9.62 Å². The van der Waals surface area contributed by atoms with Gasteiger partial charge >= 0.3 is 12.1 Å². The van der Waals surface area contributed by atoms with Crippen LogP contribution in [0.1, 0.15) is 50.4 Å². The number of anilines is 2. The second-order valence-electron chi connectivity index (χ2n) is 12.7. The van der Waals surface area contributed by atoms with Crippen LogP contribution < -0.4 is 20.7 Å². The second-order valence-corrected chi connectivity index (χ2v) is 13.6. The van der Waals surface area contributed by atoms with Gasteiger partial charge in [0.1, 0.15) is 5.82 Å². The summed E-state index contributed by atoms with van der Waals surface area (Å²) in [5, 5.41) is 13.8. The molecule has 11 heteroatoms. The predicted molar refractivity (Wildman–Crippen MR) is 180 cm³/mol. The van der Waals surface area contributed by atoms with E-state index in [1.165, 1.54) is 17.7 Å². The molecule has 4 heterocycles. The zero-order valence-electron chi connectivity index (χ0n) is 26.1. The number of urea groups is 2. The Kier molecular flexibility index (Phi) is 8.62. The lowest BCUT2D eigenvalue weighted by atomic mass is 9.90. The molecule has 2 aromatic carbocycles. The molecule has 10 nitrogen and oxygen atoms in total. The second kappa shape index (κ2) is 12.8. The zero-order valence-corrected chi connectivity index (χ0v) is 26.9. The van der Waals surface area contributed by atoms with Crippen LogP contribution in [-0.4, -0.2) is 44.1 Å². The molecule has 0 atom stereocenters. The predicted octanol–water partition coefficient (Wildman–Crippen LogP) is 6.81. The Hall–Kier alpha value is -4.64. The van der Waals surface area contributed by atoms with Gasteiger partial charge in [-0.15, -0.1) is 0 Å². The average Bonchev–Trinajstić information content (AvgIpc) is 3.67. The summed E-state index contributed by atoms with van der Waals surface area (Å²) in [5.41, 5.74) is 6.46. The molecule has 234 valence electrons. The van der Waals surface area contributed by atoms with E-state index in [-0.39, 0.29) is 17.5 Å². The Morgan fingerprint density at radius 2 is 1.73 bits per heavy atom. The minimum absolute atomic E-state index is 0.0574. The number of carbonyl (C=O) groups is 2. The number of hydrogen-bond donors (Lipinski definition) is 4. The van der Waals surface area contributed by atoms with Crippen molar-refractivity contribution in [2.45, 2.75) is 52.4 Å². The normalized spacial score (nSPS) is 16.4. The number of benzene rings is 2. The number of rotatable bonds is 6. The van der Waals surface area contributed by atoms with Gasteiger partial charge in [0.25, 0.3) is 0 Å². The van der Waals surface area contributed by atoms with Crippen molar-refractivity contribution in [2.75, 3.05) is 23.7 Å². The SMILES string of the molecule is Cc1ccc(-n2nc(C(C)(C)C)cc2NC(=O)Nc2ccc(CC3CCN(C(=O)NC4=CC=CN5SNC=C45)CC3)cc2)cc1. The van der Waals surface area contributed by atoms with Crippen LogP contribution in [0.25, 0.3) is 5.69 Å². The first-order chi connectivity index (χ1) is 21.6. The van der Waals surface area contributed by atoms with Crippen molar-refractivity contribution < 1.29 is 9.59 Å². The first-order valence-corrected chi connectivity index (χ1v) is 16.1. The van der Waals surface area contributed by atoms with Crippen molar-refractivity contribution in [3.8, 4) is 5.69 Å². The molecule has 3 aliphatic rings. The molecular weight excluding hydrogens is 584 g/mol. The summed E-state index contributed by atoms with van der Waals surface area (Å²) in [6, 6.07) is 17.6. The molecule has 0 bridgehead atoms. The van der Waals surface area contributed by atoms with E-state index >= 15 is 0 Å². The Bertz CT molecular complexity index is 1640. The number of fused-ring (bicyclic) bond motifs is 1. The number of amides is 4. The minimum atomic E-state index is -0.325.